The topological polar surface area (TPSA) is 9.23 Å². The van der Waals surface area contributed by atoms with Crippen LogP contribution in [-0.2, 0) is 0 Å². The lowest BCUT2D eigenvalue weighted by Gasteiger charge is -2.09. The zero-order valence-electron chi connectivity index (χ0n) is 8.02. The van der Waals surface area contributed by atoms with Crippen LogP contribution in [0.4, 0.5) is 8.78 Å². The fraction of sp³-hybridized carbons (Fsp3) is 0.455. The SMILES string of the molecule is Cc1c(OCC2CC2)ccc(F)c1F. The van der Waals surface area contributed by atoms with E-state index in [1.165, 1.54) is 25.8 Å². The van der Waals surface area contributed by atoms with Crippen LogP contribution in [0.5, 0.6) is 5.75 Å². The summed E-state index contributed by atoms with van der Waals surface area (Å²) in [5, 5.41) is 0. The minimum absolute atomic E-state index is 0.255. The molecule has 14 heavy (non-hydrogen) atoms. The lowest BCUT2D eigenvalue weighted by atomic mass is 10.2. The molecule has 1 aliphatic carbocycles. The van der Waals surface area contributed by atoms with E-state index >= 15 is 0 Å². The van der Waals surface area contributed by atoms with Gasteiger partial charge in [0.2, 0.25) is 0 Å². The van der Waals surface area contributed by atoms with Gasteiger partial charge < -0.3 is 4.74 Å². The van der Waals surface area contributed by atoms with Crippen molar-refractivity contribution in [1.29, 1.82) is 0 Å². The Morgan fingerprint density at radius 2 is 2.07 bits per heavy atom. The van der Waals surface area contributed by atoms with Gasteiger partial charge in [-0.05, 0) is 37.8 Å². The molecule has 1 nitrogen and oxygen atoms in total. The maximum absolute atomic E-state index is 13.1. The van der Waals surface area contributed by atoms with Gasteiger partial charge in [0.15, 0.2) is 11.6 Å². The van der Waals surface area contributed by atoms with Gasteiger partial charge in [0, 0.05) is 5.56 Å². The summed E-state index contributed by atoms with van der Waals surface area (Å²) in [6.07, 6.45) is 2.37. The van der Waals surface area contributed by atoms with Crippen molar-refractivity contribution < 1.29 is 13.5 Å². The van der Waals surface area contributed by atoms with Crippen LogP contribution in [0.15, 0.2) is 12.1 Å². The fourth-order valence-electron chi connectivity index (χ4n) is 1.28. The maximum Gasteiger partial charge on any atom is 0.165 e. The number of ether oxygens (including phenoxy) is 1. The molecule has 2 rings (SSSR count). The number of benzene rings is 1. The highest BCUT2D eigenvalue weighted by Crippen LogP contribution is 2.30. The Morgan fingerprint density at radius 3 is 2.71 bits per heavy atom. The molecule has 0 heterocycles. The Hall–Kier alpha value is -1.12. The average molecular weight is 198 g/mol. The first-order valence-corrected chi connectivity index (χ1v) is 4.76. The Morgan fingerprint density at radius 1 is 1.36 bits per heavy atom. The number of hydrogen-bond acceptors (Lipinski definition) is 1. The zero-order valence-corrected chi connectivity index (χ0v) is 8.02. The van der Waals surface area contributed by atoms with Gasteiger partial charge in [-0.15, -0.1) is 0 Å². The maximum atomic E-state index is 13.1. The highest BCUT2D eigenvalue weighted by atomic mass is 19.2. The molecule has 0 N–H and O–H groups in total. The lowest BCUT2D eigenvalue weighted by Crippen LogP contribution is -2.02. The molecule has 0 bridgehead atoms. The van der Waals surface area contributed by atoms with E-state index in [1.54, 1.807) is 0 Å². The second kappa shape index (κ2) is 3.56. The first kappa shape index (κ1) is 9.44. The minimum Gasteiger partial charge on any atom is -0.493 e. The average Bonchev–Trinajstić information content (AvgIpc) is 2.97. The Kier molecular flexibility index (Phi) is 2.40. The summed E-state index contributed by atoms with van der Waals surface area (Å²) in [6, 6.07) is 2.58. The molecule has 0 aliphatic heterocycles. The molecule has 0 spiro atoms. The minimum atomic E-state index is -0.818. The third-order valence-corrected chi connectivity index (χ3v) is 2.46. The molecule has 3 heteroatoms. The Bertz CT molecular complexity index is 345. The van der Waals surface area contributed by atoms with Gasteiger partial charge in [0.1, 0.15) is 5.75 Å². The normalized spacial score (nSPS) is 15.6. The summed E-state index contributed by atoms with van der Waals surface area (Å²) >= 11 is 0. The molecule has 1 aliphatic rings. The predicted molar refractivity (Wildman–Crippen MR) is 49.3 cm³/mol. The summed E-state index contributed by atoms with van der Waals surface area (Å²) in [5.41, 5.74) is 0.255. The Balaban J connectivity index is 2.11. The molecular formula is C11H12F2O. The van der Waals surface area contributed by atoms with Crippen LogP contribution >= 0.6 is 0 Å². The van der Waals surface area contributed by atoms with Gasteiger partial charge in [0.05, 0.1) is 6.61 Å². The van der Waals surface area contributed by atoms with E-state index < -0.39 is 11.6 Å². The third kappa shape index (κ3) is 1.86. The second-order valence-electron chi connectivity index (χ2n) is 3.74. The monoisotopic (exact) mass is 198 g/mol. The molecule has 76 valence electrons. The summed E-state index contributed by atoms with van der Waals surface area (Å²) in [4.78, 5) is 0. The van der Waals surface area contributed by atoms with Gasteiger partial charge in [-0.25, -0.2) is 8.78 Å². The molecule has 1 saturated carbocycles. The molecule has 0 unspecified atom stereocenters. The van der Waals surface area contributed by atoms with Crippen molar-refractivity contribution in [1.82, 2.24) is 0 Å². The second-order valence-corrected chi connectivity index (χ2v) is 3.74. The first-order valence-electron chi connectivity index (χ1n) is 4.76. The fourth-order valence-corrected chi connectivity index (χ4v) is 1.28. The summed E-state index contributed by atoms with van der Waals surface area (Å²) in [7, 11) is 0. The predicted octanol–water partition coefficient (Wildman–Crippen LogP) is 3.06. The van der Waals surface area contributed by atoms with Crippen LogP contribution in [0.25, 0.3) is 0 Å². The van der Waals surface area contributed by atoms with Crippen LogP contribution in [0, 0.1) is 24.5 Å². The van der Waals surface area contributed by atoms with E-state index in [-0.39, 0.29) is 5.56 Å². The highest BCUT2D eigenvalue weighted by Gasteiger charge is 2.22. The largest absolute Gasteiger partial charge is 0.493 e. The van der Waals surface area contributed by atoms with Crippen LogP contribution in [-0.4, -0.2) is 6.61 Å². The lowest BCUT2D eigenvalue weighted by molar-refractivity contribution is 0.294. The molecular weight excluding hydrogens is 186 g/mol. The standard InChI is InChI=1S/C11H12F2O/c1-7-10(14-6-8-2-3-8)5-4-9(12)11(7)13/h4-5,8H,2-3,6H2,1H3. The molecule has 0 radical (unpaired) electrons. The molecule has 1 fully saturated rings. The van der Waals surface area contributed by atoms with Crippen molar-refractivity contribution in [3.8, 4) is 5.75 Å². The summed E-state index contributed by atoms with van der Waals surface area (Å²) in [5.74, 6) is -0.558. The van der Waals surface area contributed by atoms with E-state index in [0.29, 0.717) is 18.3 Å². The van der Waals surface area contributed by atoms with Crippen molar-refractivity contribution in [2.45, 2.75) is 19.8 Å². The van der Waals surface area contributed by atoms with Crippen molar-refractivity contribution >= 4 is 0 Å². The quantitative estimate of drug-likeness (QED) is 0.725. The smallest absolute Gasteiger partial charge is 0.165 e. The van der Waals surface area contributed by atoms with Crippen LogP contribution in [0.3, 0.4) is 0 Å². The van der Waals surface area contributed by atoms with Crippen molar-refractivity contribution in [2.75, 3.05) is 6.61 Å². The molecule has 0 amide bonds. The molecule has 0 atom stereocenters. The van der Waals surface area contributed by atoms with Gasteiger partial charge in [-0.1, -0.05) is 0 Å². The van der Waals surface area contributed by atoms with Gasteiger partial charge in [0.25, 0.3) is 0 Å². The van der Waals surface area contributed by atoms with E-state index in [0.717, 1.165) is 6.07 Å². The highest BCUT2D eigenvalue weighted by molar-refractivity contribution is 5.34. The number of rotatable bonds is 3. The number of hydrogen-bond donors (Lipinski definition) is 0. The van der Waals surface area contributed by atoms with E-state index in [1.807, 2.05) is 0 Å². The van der Waals surface area contributed by atoms with Crippen molar-refractivity contribution in [3.63, 3.8) is 0 Å². The third-order valence-electron chi connectivity index (χ3n) is 2.46. The van der Waals surface area contributed by atoms with Gasteiger partial charge >= 0.3 is 0 Å². The molecule has 0 aromatic heterocycles. The summed E-state index contributed by atoms with van der Waals surface area (Å²) in [6.45, 7) is 2.15. The molecule has 1 aromatic rings. The van der Waals surface area contributed by atoms with Crippen molar-refractivity contribution in [3.05, 3.63) is 29.3 Å². The first-order chi connectivity index (χ1) is 6.68. The molecule has 1 aromatic carbocycles. The van der Waals surface area contributed by atoms with E-state index in [2.05, 4.69) is 0 Å². The van der Waals surface area contributed by atoms with Crippen LogP contribution < -0.4 is 4.74 Å². The zero-order chi connectivity index (χ0) is 10.1. The number of halogens is 2. The van der Waals surface area contributed by atoms with Crippen LogP contribution in [0.2, 0.25) is 0 Å². The van der Waals surface area contributed by atoms with E-state index in [4.69, 9.17) is 4.74 Å². The summed E-state index contributed by atoms with van der Waals surface area (Å²) < 4.78 is 31.2. The van der Waals surface area contributed by atoms with Gasteiger partial charge in [-0.3, -0.25) is 0 Å². The van der Waals surface area contributed by atoms with Crippen molar-refractivity contribution in [2.24, 2.45) is 5.92 Å². The Labute approximate surface area is 81.7 Å². The molecule has 0 saturated heterocycles. The van der Waals surface area contributed by atoms with Gasteiger partial charge in [-0.2, -0.15) is 0 Å². The van der Waals surface area contributed by atoms with Crippen LogP contribution in [0.1, 0.15) is 18.4 Å². The van der Waals surface area contributed by atoms with E-state index in [9.17, 15) is 8.78 Å².